The van der Waals surface area contributed by atoms with E-state index in [4.69, 9.17) is 5.11 Å². The Morgan fingerprint density at radius 3 is 2.68 bits per heavy atom. The second-order valence-corrected chi connectivity index (χ2v) is 6.09. The fourth-order valence-electron chi connectivity index (χ4n) is 2.28. The normalized spacial score (nSPS) is 17.4. The van der Waals surface area contributed by atoms with Crippen molar-refractivity contribution in [1.29, 1.82) is 0 Å². The molecule has 1 aliphatic rings. The monoisotopic (exact) mass is 374 g/mol. The smallest absolute Gasteiger partial charge is 0.238 e. The molecule has 1 aromatic rings. The fourth-order valence-corrected chi connectivity index (χ4v) is 2.80. The number of carbonyl (C=O) groups excluding carboxylic acids is 1. The Kier molecular flexibility index (Phi) is 5.59. The first-order valence-corrected chi connectivity index (χ1v) is 7.64. The molecule has 0 aliphatic carbocycles. The minimum Gasteiger partial charge on any atom is -0.396 e. The fraction of sp³-hybridized carbons (Fsp3) is 0.500. The Hall–Kier alpha value is -0.660. The average Bonchev–Trinajstić information content (AvgIpc) is 2.42. The third-order valence-electron chi connectivity index (χ3n) is 3.48. The van der Waals surface area contributed by atoms with Crippen LogP contribution in [0.5, 0.6) is 0 Å². The number of benzene rings is 1. The zero-order chi connectivity index (χ0) is 13.7. The predicted octanol–water partition coefficient (Wildman–Crippen LogP) is 1.93. The van der Waals surface area contributed by atoms with Crippen molar-refractivity contribution in [3.05, 3.63) is 27.8 Å². The van der Waals surface area contributed by atoms with Gasteiger partial charge in [-0.3, -0.25) is 9.69 Å². The topological polar surface area (TPSA) is 52.6 Å². The highest BCUT2D eigenvalue weighted by Gasteiger charge is 2.20. The quantitative estimate of drug-likeness (QED) is 0.793. The Labute approximate surface area is 127 Å². The summed E-state index contributed by atoms with van der Waals surface area (Å²) in [6.45, 7) is 2.49. The molecule has 0 unspecified atom stereocenters. The number of para-hydroxylation sites is 1. The molecule has 1 aliphatic heterocycles. The molecule has 1 amide bonds. The van der Waals surface area contributed by atoms with Crippen molar-refractivity contribution >= 4 is 34.2 Å². The first kappa shape index (κ1) is 14.7. The SMILES string of the molecule is O=C(CN1CCC(CO)CC1)Nc1ccccc1I. The van der Waals surface area contributed by atoms with E-state index in [-0.39, 0.29) is 12.5 Å². The lowest BCUT2D eigenvalue weighted by Gasteiger charge is -2.30. The maximum Gasteiger partial charge on any atom is 0.238 e. The Morgan fingerprint density at radius 2 is 2.05 bits per heavy atom. The Morgan fingerprint density at radius 1 is 1.37 bits per heavy atom. The summed E-state index contributed by atoms with van der Waals surface area (Å²) >= 11 is 2.22. The van der Waals surface area contributed by atoms with E-state index < -0.39 is 0 Å². The Bertz CT molecular complexity index is 431. The van der Waals surface area contributed by atoms with Crippen LogP contribution in [0.2, 0.25) is 0 Å². The number of aliphatic hydroxyl groups excluding tert-OH is 1. The highest BCUT2D eigenvalue weighted by atomic mass is 127. The van der Waals surface area contributed by atoms with Gasteiger partial charge in [-0.05, 0) is 66.6 Å². The van der Waals surface area contributed by atoms with Crippen LogP contribution < -0.4 is 5.32 Å². The molecule has 2 N–H and O–H groups in total. The minimum absolute atomic E-state index is 0.0339. The summed E-state index contributed by atoms with van der Waals surface area (Å²) in [7, 11) is 0. The van der Waals surface area contributed by atoms with E-state index in [2.05, 4.69) is 32.8 Å². The van der Waals surface area contributed by atoms with E-state index in [0.717, 1.165) is 35.2 Å². The van der Waals surface area contributed by atoms with Gasteiger partial charge in [-0.2, -0.15) is 0 Å². The molecule has 0 atom stereocenters. The molecule has 1 heterocycles. The van der Waals surface area contributed by atoms with Crippen molar-refractivity contribution in [2.45, 2.75) is 12.8 Å². The third-order valence-corrected chi connectivity index (χ3v) is 4.42. The molecule has 0 bridgehead atoms. The summed E-state index contributed by atoms with van der Waals surface area (Å²) in [5.41, 5.74) is 0.873. The highest BCUT2D eigenvalue weighted by molar-refractivity contribution is 14.1. The van der Waals surface area contributed by atoms with Gasteiger partial charge in [-0.25, -0.2) is 0 Å². The maximum atomic E-state index is 12.0. The molecule has 1 aromatic carbocycles. The van der Waals surface area contributed by atoms with Crippen molar-refractivity contribution in [1.82, 2.24) is 4.90 Å². The van der Waals surface area contributed by atoms with Crippen LogP contribution in [0.3, 0.4) is 0 Å². The van der Waals surface area contributed by atoms with Gasteiger partial charge in [0.15, 0.2) is 0 Å². The second kappa shape index (κ2) is 7.21. The van der Waals surface area contributed by atoms with E-state index in [0.29, 0.717) is 12.5 Å². The highest BCUT2D eigenvalue weighted by Crippen LogP contribution is 2.18. The van der Waals surface area contributed by atoms with Gasteiger partial charge in [-0.1, -0.05) is 12.1 Å². The van der Waals surface area contributed by atoms with E-state index in [1.165, 1.54) is 0 Å². The lowest BCUT2D eigenvalue weighted by atomic mass is 9.98. The number of hydrogen-bond acceptors (Lipinski definition) is 3. The van der Waals surface area contributed by atoms with Gasteiger partial charge in [0.05, 0.1) is 12.2 Å². The molecule has 104 valence electrons. The van der Waals surface area contributed by atoms with E-state index >= 15 is 0 Å². The van der Waals surface area contributed by atoms with Crippen LogP contribution in [0.15, 0.2) is 24.3 Å². The number of nitrogens with one attached hydrogen (secondary N) is 1. The van der Waals surface area contributed by atoms with Gasteiger partial charge in [0, 0.05) is 10.2 Å². The van der Waals surface area contributed by atoms with Crippen LogP contribution in [-0.4, -0.2) is 42.2 Å². The van der Waals surface area contributed by atoms with Crippen LogP contribution in [0, 0.1) is 9.49 Å². The van der Waals surface area contributed by atoms with Gasteiger partial charge < -0.3 is 10.4 Å². The summed E-state index contributed by atoms with van der Waals surface area (Å²) in [6.07, 6.45) is 1.96. The van der Waals surface area contributed by atoms with Gasteiger partial charge in [0.1, 0.15) is 0 Å². The van der Waals surface area contributed by atoms with Crippen molar-refractivity contribution in [3.8, 4) is 0 Å². The molecule has 0 saturated carbocycles. The number of nitrogens with zero attached hydrogens (tertiary/aromatic N) is 1. The molecule has 5 heteroatoms. The number of anilines is 1. The molecular weight excluding hydrogens is 355 g/mol. The van der Waals surface area contributed by atoms with Crippen molar-refractivity contribution in [2.75, 3.05) is 31.6 Å². The molecule has 0 spiro atoms. The average molecular weight is 374 g/mol. The summed E-state index contributed by atoms with van der Waals surface area (Å²) in [4.78, 5) is 14.1. The molecular formula is C14H19IN2O2. The number of piperidine rings is 1. The number of halogens is 1. The van der Waals surface area contributed by atoms with Gasteiger partial charge in [-0.15, -0.1) is 0 Å². The van der Waals surface area contributed by atoms with E-state index in [9.17, 15) is 4.79 Å². The molecule has 0 radical (unpaired) electrons. The van der Waals surface area contributed by atoms with Gasteiger partial charge >= 0.3 is 0 Å². The second-order valence-electron chi connectivity index (χ2n) is 4.93. The molecule has 1 fully saturated rings. The summed E-state index contributed by atoms with van der Waals surface area (Å²) in [5.74, 6) is 0.445. The van der Waals surface area contributed by atoms with Crippen LogP contribution in [0.25, 0.3) is 0 Å². The van der Waals surface area contributed by atoms with Gasteiger partial charge in [0.2, 0.25) is 5.91 Å². The number of aliphatic hydroxyl groups is 1. The summed E-state index contributed by atoms with van der Waals surface area (Å²) in [6, 6.07) is 7.77. The lowest BCUT2D eigenvalue weighted by Crippen LogP contribution is -2.39. The number of amides is 1. The van der Waals surface area contributed by atoms with Gasteiger partial charge in [0.25, 0.3) is 0 Å². The lowest BCUT2D eigenvalue weighted by molar-refractivity contribution is -0.117. The number of hydrogen-bond donors (Lipinski definition) is 2. The van der Waals surface area contributed by atoms with E-state index in [1.54, 1.807) is 0 Å². The number of likely N-dealkylation sites (tertiary alicyclic amines) is 1. The molecule has 1 saturated heterocycles. The van der Waals surface area contributed by atoms with Crippen molar-refractivity contribution in [3.63, 3.8) is 0 Å². The van der Waals surface area contributed by atoms with Crippen molar-refractivity contribution in [2.24, 2.45) is 5.92 Å². The zero-order valence-electron chi connectivity index (χ0n) is 10.8. The first-order valence-electron chi connectivity index (χ1n) is 6.56. The van der Waals surface area contributed by atoms with E-state index in [1.807, 2.05) is 24.3 Å². The first-order chi connectivity index (χ1) is 9.19. The molecule has 4 nitrogen and oxygen atoms in total. The zero-order valence-corrected chi connectivity index (χ0v) is 13.0. The van der Waals surface area contributed by atoms with Crippen LogP contribution in [-0.2, 0) is 4.79 Å². The Balaban J connectivity index is 1.81. The molecule has 19 heavy (non-hydrogen) atoms. The molecule has 2 rings (SSSR count). The van der Waals surface area contributed by atoms with Crippen LogP contribution in [0.4, 0.5) is 5.69 Å². The van der Waals surface area contributed by atoms with Crippen LogP contribution >= 0.6 is 22.6 Å². The summed E-state index contributed by atoms with van der Waals surface area (Å²) < 4.78 is 1.05. The number of rotatable bonds is 4. The minimum atomic E-state index is 0.0339. The third kappa shape index (κ3) is 4.43. The van der Waals surface area contributed by atoms with Crippen LogP contribution in [0.1, 0.15) is 12.8 Å². The van der Waals surface area contributed by atoms with Crippen molar-refractivity contribution < 1.29 is 9.90 Å². The summed E-state index contributed by atoms with van der Waals surface area (Å²) in [5, 5.41) is 12.0. The molecule has 0 aromatic heterocycles. The number of carbonyl (C=O) groups is 1. The standard InChI is InChI=1S/C14H19IN2O2/c15-12-3-1-2-4-13(12)16-14(19)9-17-7-5-11(10-18)6-8-17/h1-4,11,18H,5-10H2,(H,16,19). The predicted molar refractivity (Wildman–Crippen MR) is 84.0 cm³/mol. The largest absolute Gasteiger partial charge is 0.396 e. The maximum absolute atomic E-state index is 12.0.